The molecule has 0 unspecified atom stereocenters. The van der Waals surface area contributed by atoms with E-state index in [1.165, 1.54) is 11.1 Å². The second-order valence-corrected chi connectivity index (χ2v) is 8.45. The fraction of sp³-hybridized carbons (Fsp3) is 0.143. The Hall–Kier alpha value is -3.72. The second-order valence-electron chi connectivity index (χ2n) is 8.45. The maximum atomic E-state index is 13.3. The summed E-state index contributed by atoms with van der Waals surface area (Å²) in [5.74, 6) is 0. The Morgan fingerprint density at radius 2 is 1.65 bits per heavy atom. The van der Waals surface area contributed by atoms with Gasteiger partial charge in [-0.3, -0.25) is 0 Å². The van der Waals surface area contributed by atoms with Crippen LogP contribution in [-0.2, 0) is 12.8 Å². The Morgan fingerprint density at radius 1 is 0.871 bits per heavy atom. The molecule has 0 aliphatic heterocycles. The standard InChI is InChI=1S/C28H21NO2/c1-16-7-10-19(11-8-16)24-21-13-12-18-5-3-4-6-20(18)26(21)29-27-22-15-17(2)9-14-23(22)31-28(30)25(24)27/h3-11,14-15H,12-13H2,1-2H3. The molecular formula is C28H21NO2. The van der Waals surface area contributed by atoms with Gasteiger partial charge in [-0.2, -0.15) is 0 Å². The van der Waals surface area contributed by atoms with Crippen LogP contribution in [0, 0.1) is 13.8 Å². The van der Waals surface area contributed by atoms with Crippen molar-refractivity contribution in [2.75, 3.05) is 0 Å². The van der Waals surface area contributed by atoms with Gasteiger partial charge in [-0.25, -0.2) is 9.78 Å². The van der Waals surface area contributed by atoms with E-state index in [1.807, 2.05) is 19.1 Å². The molecule has 0 saturated carbocycles. The summed E-state index contributed by atoms with van der Waals surface area (Å²) in [5.41, 5.74) is 9.86. The molecule has 0 bridgehead atoms. The Balaban J connectivity index is 1.85. The van der Waals surface area contributed by atoms with Crippen LogP contribution < -0.4 is 5.63 Å². The van der Waals surface area contributed by atoms with Crippen LogP contribution in [0.1, 0.15) is 22.3 Å². The van der Waals surface area contributed by atoms with Crippen LogP contribution >= 0.6 is 0 Å². The number of pyridine rings is 1. The Morgan fingerprint density at radius 3 is 2.48 bits per heavy atom. The van der Waals surface area contributed by atoms with E-state index in [0.29, 0.717) is 11.0 Å². The fourth-order valence-corrected chi connectivity index (χ4v) is 4.82. The lowest BCUT2D eigenvalue weighted by molar-refractivity contribution is 0.569. The minimum absolute atomic E-state index is 0.323. The van der Waals surface area contributed by atoms with Gasteiger partial charge in [-0.15, -0.1) is 0 Å². The summed E-state index contributed by atoms with van der Waals surface area (Å²) in [6, 6.07) is 22.8. The average Bonchev–Trinajstić information content (AvgIpc) is 2.79. The van der Waals surface area contributed by atoms with Crippen molar-refractivity contribution in [2.45, 2.75) is 26.7 Å². The number of aryl methyl sites for hydroxylation is 3. The molecule has 3 heteroatoms. The Labute approximate surface area is 180 Å². The first-order valence-electron chi connectivity index (χ1n) is 10.7. The molecule has 3 aromatic carbocycles. The number of aromatic nitrogens is 1. The lowest BCUT2D eigenvalue weighted by Crippen LogP contribution is -2.12. The first kappa shape index (κ1) is 18.1. The van der Waals surface area contributed by atoms with Crippen LogP contribution in [0.15, 0.2) is 75.9 Å². The molecule has 0 amide bonds. The van der Waals surface area contributed by atoms with Gasteiger partial charge in [0, 0.05) is 16.5 Å². The topological polar surface area (TPSA) is 43.1 Å². The summed E-state index contributed by atoms with van der Waals surface area (Å²) in [5, 5.41) is 1.47. The number of nitrogens with zero attached hydrogens (tertiary/aromatic N) is 1. The van der Waals surface area contributed by atoms with Crippen molar-refractivity contribution in [3.63, 3.8) is 0 Å². The molecule has 31 heavy (non-hydrogen) atoms. The normalized spacial score (nSPS) is 12.7. The quantitative estimate of drug-likeness (QED) is 0.241. The molecule has 0 radical (unpaired) electrons. The third-order valence-corrected chi connectivity index (χ3v) is 6.35. The molecule has 150 valence electrons. The Bertz CT molecular complexity index is 1560. The molecule has 0 spiro atoms. The van der Waals surface area contributed by atoms with Crippen molar-refractivity contribution >= 4 is 21.9 Å². The molecule has 2 aromatic heterocycles. The summed E-state index contributed by atoms with van der Waals surface area (Å²) in [6.45, 7) is 4.12. The summed E-state index contributed by atoms with van der Waals surface area (Å²) in [6.07, 6.45) is 1.79. The van der Waals surface area contributed by atoms with Crippen LogP contribution in [0.3, 0.4) is 0 Å². The van der Waals surface area contributed by atoms with E-state index in [1.54, 1.807) is 0 Å². The molecule has 0 atom stereocenters. The number of hydrogen-bond acceptors (Lipinski definition) is 3. The van der Waals surface area contributed by atoms with Gasteiger partial charge in [0.2, 0.25) is 0 Å². The van der Waals surface area contributed by atoms with E-state index >= 15 is 0 Å². The maximum absolute atomic E-state index is 13.3. The van der Waals surface area contributed by atoms with Crippen LogP contribution in [0.25, 0.3) is 44.3 Å². The first-order valence-corrected chi connectivity index (χ1v) is 10.7. The van der Waals surface area contributed by atoms with E-state index in [2.05, 4.69) is 61.5 Å². The summed E-state index contributed by atoms with van der Waals surface area (Å²) < 4.78 is 5.78. The van der Waals surface area contributed by atoms with Crippen LogP contribution in [0.2, 0.25) is 0 Å². The lowest BCUT2D eigenvalue weighted by atomic mass is 9.83. The monoisotopic (exact) mass is 403 g/mol. The zero-order chi connectivity index (χ0) is 21.1. The highest BCUT2D eigenvalue weighted by Crippen LogP contribution is 2.42. The number of rotatable bonds is 1. The summed E-state index contributed by atoms with van der Waals surface area (Å²) in [4.78, 5) is 18.4. The first-order chi connectivity index (χ1) is 15.1. The molecule has 3 nitrogen and oxygen atoms in total. The molecule has 0 saturated heterocycles. The van der Waals surface area contributed by atoms with Crippen molar-refractivity contribution < 1.29 is 4.42 Å². The highest BCUT2D eigenvalue weighted by molar-refractivity contribution is 6.09. The van der Waals surface area contributed by atoms with Gasteiger partial charge in [-0.1, -0.05) is 65.7 Å². The molecule has 0 N–H and O–H groups in total. The number of benzene rings is 3. The SMILES string of the molecule is Cc1ccc(-c2c3c(nc4c2c(=O)oc2ccc(C)cc24)-c2ccccc2CC3)cc1. The molecular weight excluding hydrogens is 382 g/mol. The Kier molecular flexibility index (Phi) is 3.87. The van der Waals surface area contributed by atoms with Crippen LogP contribution in [0.5, 0.6) is 0 Å². The van der Waals surface area contributed by atoms with E-state index in [9.17, 15) is 4.79 Å². The molecule has 1 aliphatic carbocycles. The van der Waals surface area contributed by atoms with Gasteiger partial charge in [-0.05, 0) is 55.5 Å². The highest BCUT2D eigenvalue weighted by Gasteiger charge is 2.26. The van der Waals surface area contributed by atoms with Crippen molar-refractivity contribution in [3.05, 3.63) is 99.4 Å². The highest BCUT2D eigenvalue weighted by atomic mass is 16.4. The van der Waals surface area contributed by atoms with Gasteiger partial charge in [0.1, 0.15) is 5.58 Å². The largest absolute Gasteiger partial charge is 0.422 e. The lowest BCUT2D eigenvalue weighted by Gasteiger charge is -2.23. The van der Waals surface area contributed by atoms with Crippen molar-refractivity contribution in [1.29, 1.82) is 0 Å². The third kappa shape index (κ3) is 2.73. The fourth-order valence-electron chi connectivity index (χ4n) is 4.82. The van der Waals surface area contributed by atoms with E-state index < -0.39 is 0 Å². The predicted octanol–water partition coefficient (Wildman–Crippen LogP) is 6.39. The van der Waals surface area contributed by atoms with Crippen LogP contribution in [-0.4, -0.2) is 4.98 Å². The second kappa shape index (κ2) is 6.64. The van der Waals surface area contributed by atoms with E-state index in [-0.39, 0.29) is 5.63 Å². The average molecular weight is 403 g/mol. The molecule has 2 heterocycles. The predicted molar refractivity (Wildman–Crippen MR) is 126 cm³/mol. The molecule has 6 rings (SSSR count). The van der Waals surface area contributed by atoms with Crippen molar-refractivity contribution in [3.8, 4) is 22.4 Å². The van der Waals surface area contributed by atoms with Gasteiger partial charge in [0.05, 0.1) is 16.6 Å². The summed E-state index contributed by atoms with van der Waals surface area (Å²) in [7, 11) is 0. The smallest absolute Gasteiger partial charge is 0.346 e. The van der Waals surface area contributed by atoms with Gasteiger partial charge in [0.25, 0.3) is 0 Å². The minimum Gasteiger partial charge on any atom is -0.422 e. The van der Waals surface area contributed by atoms with Crippen LogP contribution in [0.4, 0.5) is 0 Å². The maximum Gasteiger partial charge on any atom is 0.346 e. The molecule has 1 aliphatic rings. The third-order valence-electron chi connectivity index (χ3n) is 6.35. The number of hydrogen-bond donors (Lipinski definition) is 0. The molecule has 5 aromatic rings. The zero-order valence-electron chi connectivity index (χ0n) is 17.5. The summed E-state index contributed by atoms with van der Waals surface area (Å²) >= 11 is 0. The van der Waals surface area contributed by atoms with Gasteiger partial charge in [0.15, 0.2) is 0 Å². The zero-order valence-corrected chi connectivity index (χ0v) is 17.5. The van der Waals surface area contributed by atoms with Gasteiger partial charge < -0.3 is 4.42 Å². The van der Waals surface area contributed by atoms with E-state index in [4.69, 9.17) is 9.40 Å². The van der Waals surface area contributed by atoms with E-state index in [0.717, 1.165) is 57.3 Å². The van der Waals surface area contributed by atoms with Gasteiger partial charge >= 0.3 is 5.63 Å². The van der Waals surface area contributed by atoms with Crippen molar-refractivity contribution in [1.82, 2.24) is 4.98 Å². The minimum atomic E-state index is -0.323. The van der Waals surface area contributed by atoms with Crippen molar-refractivity contribution in [2.24, 2.45) is 0 Å². The number of fused-ring (bicyclic) bond motifs is 6. The molecule has 0 fully saturated rings.